The second kappa shape index (κ2) is 7.63. The summed E-state index contributed by atoms with van der Waals surface area (Å²) >= 11 is 0. The zero-order valence-corrected chi connectivity index (χ0v) is 16.0. The predicted octanol–water partition coefficient (Wildman–Crippen LogP) is 4.78. The van der Waals surface area contributed by atoms with Gasteiger partial charge in [-0.05, 0) is 48.9 Å². The monoisotopic (exact) mass is 399 g/mol. The number of nitrogens with zero attached hydrogens (tertiary/aromatic N) is 3. The lowest BCUT2D eigenvalue weighted by molar-refractivity contribution is 0.0947. The molecule has 0 spiro atoms. The molecule has 0 radical (unpaired) electrons. The Morgan fingerprint density at radius 2 is 1.33 bits per heavy atom. The molecule has 1 aromatic heterocycles. The van der Waals surface area contributed by atoms with Crippen LogP contribution in [0.4, 0.5) is 0 Å². The zero-order valence-electron chi connectivity index (χ0n) is 16.0. The Balaban J connectivity index is 1.69. The van der Waals surface area contributed by atoms with E-state index in [2.05, 4.69) is 10.2 Å². The van der Waals surface area contributed by atoms with E-state index in [-0.39, 0.29) is 22.7 Å². The maximum absolute atomic E-state index is 12.4. The van der Waals surface area contributed by atoms with Crippen molar-refractivity contribution in [2.24, 2.45) is 10.2 Å². The summed E-state index contributed by atoms with van der Waals surface area (Å²) < 4.78 is 1.31. The van der Waals surface area contributed by atoms with E-state index in [1.54, 1.807) is 42.5 Å². The van der Waals surface area contributed by atoms with Crippen LogP contribution in [0.5, 0.6) is 11.8 Å². The normalized spacial score (nSPS) is 11.2. The molecule has 1 heterocycles. The summed E-state index contributed by atoms with van der Waals surface area (Å²) in [5.74, 6) is -1.71. The van der Waals surface area contributed by atoms with Crippen molar-refractivity contribution in [3.05, 3.63) is 89.5 Å². The van der Waals surface area contributed by atoms with E-state index in [0.717, 1.165) is 5.56 Å². The molecule has 0 aliphatic carbocycles. The molecule has 148 valence electrons. The lowest BCUT2D eigenvalue weighted by Gasteiger charge is -2.09. The van der Waals surface area contributed by atoms with Gasteiger partial charge in [-0.15, -0.1) is 10.2 Å². The van der Waals surface area contributed by atoms with Gasteiger partial charge in [0.1, 0.15) is 0 Å². The molecule has 0 aliphatic heterocycles. The third kappa shape index (κ3) is 3.33. The fourth-order valence-corrected chi connectivity index (χ4v) is 3.23. The predicted molar refractivity (Wildman–Crippen MR) is 111 cm³/mol. The first-order valence-corrected chi connectivity index (χ1v) is 9.15. The highest BCUT2D eigenvalue weighted by Gasteiger charge is 2.20. The minimum Gasteiger partial charge on any atom is -0.494 e. The maximum Gasteiger partial charge on any atom is 0.295 e. The van der Waals surface area contributed by atoms with E-state index < -0.39 is 11.8 Å². The van der Waals surface area contributed by atoms with E-state index in [9.17, 15) is 19.8 Å². The van der Waals surface area contributed by atoms with Crippen LogP contribution >= 0.6 is 0 Å². The van der Waals surface area contributed by atoms with Crippen LogP contribution in [-0.2, 0) is 0 Å². The van der Waals surface area contributed by atoms with Gasteiger partial charge in [-0.3, -0.25) is 14.2 Å². The number of hydrogen-bond acceptors (Lipinski definition) is 4. The van der Waals surface area contributed by atoms with Crippen molar-refractivity contribution in [1.82, 2.24) is 4.57 Å². The van der Waals surface area contributed by atoms with Crippen LogP contribution in [0.25, 0.3) is 16.5 Å². The molecular weight excluding hydrogens is 382 g/mol. The molecule has 0 fully saturated rings. The second-order valence-electron chi connectivity index (χ2n) is 6.71. The minimum absolute atomic E-state index is 0.129. The molecule has 30 heavy (non-hydrogen) atoms. The number of carbonyl (C=O) groups excluding carboxylic acids is 2. The molecule has 4 rings (SSSR count). The fourth-order valence-electron chi connectivity index (χ4n) is 3.23. The van der Waals surface area contributed by atoms with Gasteiger partial charge in [0.25, 0.3) is 11.8 Å². The van der Waals surface area contributed by atoms with Crippen molar-refractivity contribution in [3.63, 3.8) is 0 Å². The summed E-state index contributed by atoms with van der Waals surface area (Å²) in [4.78, 5) is 24.4. The van der Waals surface area contributed by atoms with Gasteiger partial charge in [0.15, 0.2) is 0 Å². The van der Waals surface area contributed by atoms with Crippen LogP contribution in [-0.4, -0.2) is 26.6 Å². The number of benzene rings is 3. The van der Waals surface area contributed by atoms with E-state index in [1.807, 2.05) is 19.1 Å². The van der Waals surface area contributed by atoms with Gasteiger partial charge in [0.2, 0.25) is 11.8 Å². The van der Waals surface area contributed by atoms with Crippen LogP contribution in [0.15, 0.2) is 83.0 Å². The first kappa shape index (κ1) is 19.1. The summed E-state index contributed by atoms with van der Waals surface area (Å²) in [6.45, 7) is 1.86. The van der Waals surface area contributed by atoms with E-state index in [0.29, 0.717) is 16.6 Å². The average Bonchev–Trinajstić information content (AvgIpc) is 3.02. The van der Waals surface area contributed by atoms with Crippen LogP contribution in [0.3, 0.4) is 0 Å². The zero-order chi connectivity index (χ0) is 21.3. The Kier molecular flexibility index (Phi) is 4.85. The smallest absolute Gasteiger partial charge is 0.295 e. The topological polar surface area (TPSA) is 104 Å². The molecule has 0 bridgehead atoms. The summed E-state index contributed by atoms with van der Waals surface area (Å²) in [5, 5.41) is 28.9. The van der Waals surface area contributed by atoms with Gasteiger partial charge in [0, 0.05) is 21.9 Å². The quantitative estimate of drug-likeness (QED) is 0.484. The van der Waals surface area contributed by atoms with Crippen molar-refractivity contribution < 1.29 is 19.8 Å². The number of amides is 2. The van der Waals surface area contributed by atoms with Gasteiger partial charge in [-0.25, -0.2) is 0 Å². The molecule has 7 nitrogen and oxygen atoms in total. The highest BCUT2D eigenvalue weighted by Crippen LogP contribution is 2.40. The lowest BCUT2D eigenvalue weighted by Crippen LogP contribution is -1.97. The Bertz CT molecular complexity index is 1310. The molecule has 0 unspecified atom stereocenters. The van der Waals surface area contributed by atoms with Crippen LogP contribution in [0.1, 0.15) is 26.3 Å². The SMILES string of the molecule is Cc1ccccc1-n1c(O)c2ccc(C(=O)N=NC(=O)c3ccccc3)cc2c1O. The first-order chi connectivity index (χ1) is 14.5. The number of carbonyl (C=O) groups is 2. The summed E-state index contributed by atoms with van der Waals surface area (Å²) in [7, 11) is 0. The van der Waals surface area contributed by atoms with Crippen LogP contribution in [0, 0.1) is 6.92 Å². The maximum atomic E-state index is 12.4. The fraction of sp³-hybridized carbons (Fsp3) is 0.0435. The largest absolute Gasteiger partial charge is 0.494 e. The van der Waals surface area contributed by atoms with Gasteiger partial charge in [0.05, 0.1) is 5.69 Å². The number of aromatic nitrogens is 1. The second-order valence-corrected chi connectivity index (χ2v) is 6.71. The summed E-state index contributed by atoms with van der Waals surface area (Å²) in [6, 6.07) is 20.0. The minimum atomic E-state index is -0.733. The van der Waals surface area contributed by atoms with Gasteiger partial charge >= 0.3 is 0 Å². The first-order valence-electron chi connectivity index (χ1n) is 9.15. The van der Waals surface area contributed by atoms with Gasteiger partial charge < -0.3 is 10.2 Å². The Hall–Kier alpha value is -4.26. The average molecular weight is 399 g/mol. The highest BCUT2D eigenvalue weighted by atomic mass is 16.3. The number of hydrogen-bond donors (Lipinski definition) is 2. The van der Waals surface area contributed by atoms with Crippen molar-refractivity contribution in [2.75, 3.05) is 0 Å². The van der Waals surface area contributed by atoms with Gasteiger partial charge in [-0.2, -0.15) is 0 Å². The third-order valence-corrected chi connectivity index (χ3v) is 4.78. The molecule has 2 amide bonds. The molecular formula is C23H17N3O4. The standard InChI is InChI=1S/C23H17N3O4/c1-14-7-5-6-10-19(14)26-22(29)17-12-11-16(13-18(17)23(26)30)21(28)25-24-20(27)15-8-3-2-4-9-15/h2-13,29-30H,1H3. The Morgan fingerprint density at radius 1 is 0.733 bits per heavy atom. The number of azo groups is 1. The highest BCUT2D eigenvalue weighted by molar-refractivity contribution is 6.03. The molecule has 3 aromatic carbocycles. The molecule has 0 atom stereocenters. The molecule has 4 aromatic rings. The van der Waals surface area contributed by atoms with Crippen LogP contribution in [0.2, 0.25) is 0 Å². The molecule has 0 aliphatic rings. The van der Waals surface area contributed by atoms with E-state index >= 15 is 0 Å². The number of fused-ring (bicyclic) bond motifs is 1. The number of para-hydroxylation sites is 1. The lowest BCUT2D eigenvalue weighted by atomic mass is 10.1. The molecule has 0 saturated carbocycles. The number of aryl methyl sites for hydroxylation is 1. The summed E-state index contributed by atoms with van der Waals surface area (Å²) in [5.41, 5.74) is 1.92. The van der Waals surface area contributed by atoms with Crippen molar-refractivity contribution in [1.29, 1.82) is 0 Å². The van der Waals surface area contributed by atoms with Crippen molar-refractivity contribution >= 4 is 22.6 Å². The molecule has 2 N–H and O–H groups in total. The Morgan fingerprint density at radius 3 is 2.03 bits per heavy atom. The van der Waals surface area contributed by atoms with Crippen molar-refractivity contribution in [2.45, 2.75) is 6.92 Å². The molecule has 0 saturated heterocycles. The number of rotatable bonds is 3. The van der Waals surface area contributed by atoms with Crippen LogP contribution < -0.4 is 0 Å². The van der Waals surface area contributed by atoms with Gasteiger partial charge in [-0.1, -0.05) is 36.4 Å². The molecule has 7 heteroatoms. The summed E-state index contributed by atoms with van der Waals surface area (Å²) in [6.07, 6.45) is 0. The Labute approximate surface area is 171 Å². The van der Waals surface area contributed by atoms with Crippen molar-refractivity contribution in [3.8, 4) is 17.4 Å². The van der Waals surface area contributed by atoms with E-state index in [4.69, 9.17) is 0 Å². The third-order valence-electron chi connectivity index (χ3n) is 4.78. The van der Waals surface area contributed by atoms with E-state index in [1.165, 1.54) is 22.8 Å². The number of aromatic hydroxyl groups is 2.